The molecule has 0 aliphatic heterocycles. The van der Waals surface area contributed by atoms with E-state index < -0.39 is 5.97 Å². The first kappa shape index (κ1) is 15.3. The number of nitrogen functional groups attached to an aromatic ring is 1. The molecular weight excluding hydrogens is 242 g/mol. The molecule has 0 aromatic heterocycles. The van der Waals surface area contributed by atoms with Crippen molar-refractivity contribution in [3.63, 3.8) is 0 Å². The highest BCUT2D eigenvalue weighted by Crippen LogP contribution is 2.20. The quantitative estimate of drug-likeness (QED) is 0.520. The van der Waals surface area contributed by atoms with Gasteiger partial charge in [0.15, 0.2) is 0 Å². The maximum Gasteiger partial charge on any atom is 0.335 e. The Morgan fingerprint density at radius 2 is 2.16 bits per heavy atom. The van der Waals surface area contributed by atoms with Gasteiger partial charge in [-0.2, -0.15) is 0 Å². The van der Waals surface area contributed by atoms with Crippen molar-refractivity contribution in [1.82, 2.24) is 4.90 Å². The van der Waals surface area contributed by atoms with Gasteiger partial charge in [0.1, 0.15) is 0 Å². The predicted molar refractivity (Wildman–Crippen MR) is 78.7 cm³/mol. The monoisotopic (exact) mass is 265 g/mol. The van der Waals surface area contributed by atoms with E-state index in [0.717, 1.165) is 19.5 Å². The third kappa shape index (κ3) is 4.79. The fraction of sp³-hybridized carbons (Fsp3) is 0.500. The molecule has 0 saturated carbocycles. The molecule has 4 N–H and O–H groups in total. The van der Waals surface area contributed by atoms with Crippen molar-refractivity contribution in [2.45, 2.75) is 26.3 Å². The fourth-order valence-electron chi connectivity index (χ4n) is 1.65. The van der Waals surface area contributed by atoms with Crippen molar-refractivity contribution in [2.75, 3.05) is 31.2 Å². The van der Waals surface area contributed by atoms with Gasteiger partial charge in [0, 0.05) is 12.6 Å². The van der Waals surface area contributed by atoms with Crippen LogP contribution in [0.4, 0.5) is 11.4 Å². The van der Waals surface area contributed by atoms with Crippen LogP contribution in [-0.2, 0) is 0 Å². The topological polar surface area (TPSA) is 78.6 Å². The van der Waals surface area contributed by atoms with Gasteiger partial charge in [0.25, 0.3) is 0 Å². The highest BCUT2D eigenvalue weighted by atomic mass is 16.4. The first-order valence-electron chi connectivity index (χ1n) is 6.48. The number of nitrogens with two attached hydrogens (primary N) is 1. The number of hydrogen-bond donors (Lipinski definition) is 3. The molecule has 5 nitrogen and oxygen atoms in total. The minimum Gasteiger partial charge on any atom is -0.478 e. The lowest BCUT2D eigenvalue weighted by atomic mass is 10.1. The van der Waals surface area contributed by atoms with E-state index in [1.54, 1.807) is 12.1 Å². The number of carboxylic acid groups (broad SMARTS) is 1. The van der Waals surface area contributed by atoms with E-state index >= 15 is 0 Å². The molecule has 0 amide bonds. The number of carbonyl (C=O) groups is 1. The zero-order valence-corrected chi connectivity index (χ0v) is 11.8. The maximum atomic E-state index is 10.9. The number of benzene rings is 1. The zero-order chi connectivity index (χ0) is 14.4. The molecule has 0 radical (unpaired) electrons. The molecule has 0 spiro atoms. The van der Waals surface area contributed by atoms with Crippen LogP contribution in [0.5, 0.6) is 0 Å². The predicted octanol–water partition coefficient (Wildman–Crippen LogP) is 2.11. The molecule has 0 saturated heterocycles. The normalized spacial score (nSPS) is 11.0. The Balaban J connectivity index is 2.49. The van der Waals surface area contributed by atoms with Crippen molar-refractivity contribution in [3.8, 4) is 0 Å². The van der Waals surface area contributed by atoms with Crippen LogP contribution in [0.25, 0.3) is 0 Å². The minimum absolute atomic E-state index is 0.246. The lowest BCUT2D eigenvalue weighted by molar-refractivity contribution is 0.0697. The van der Waals surface area contributed by atoms with Gasteiger partial charge in [-0.25, -0.2) is 4.79 Å². The van der Waals surface area contributed by atoms with Crippen molar-refractivity contribution >= 4 is 17.3 Å². The van der Waals surface area contributed by atoms with Gasteiger partial charge in [-0.1, -0.05) is 0 Å². The van der Waals surface area contributed by atoms with Crippen LogP contribution in [0.2, 0.25) is 0 Å². The molecule has 0 heterocycles. The third-order valence-electron chi connectivity index (χ3n) is 3.18. The maximum absolute atomic E-state index is 10.9. The highest BCUT2D eigenvalue weighted by molar-refractivity contribution is 5.90. The van der Waals surface area contributed by atoms with Crippen LogP contribution < -0.4 is 11.1 Å². The fourth-order valence-corrected chi connectivity index (χ4v) is 1.65. The molecule has 1 aromatic rings. The first-order chi connectivity index (χ1) is 8.91. The standard InChI is InChI=1S/C14H23N3O2/c1-10(2)17(3)8-4-7-16-13-9-11(14(18)19)5-6-12(13)15/h5-6,9-10,16H,4,7-8,15H2,1-3H3,(H,18,19). The smallest absolute Gasteiger partial charge is 0.335 e. The Morgan fingerprint density at radius 3 is 2.74 bits per heavy atom. The lowest BCUT2D eigenvalue weighted by Gasteiger charge is -2.21. The molecule has 19 heavy (non-hydrogen) atoms. The van der Waals surface area contributed by atoms with Gasteiger partial charge < -0.3 is 21.1 Å². The average molecular weight is 265 g/mol. The average Bonchev–Trinajstić information content (AvgIpc) is 2.35. The van der Waals surface area contributed by atoms with Crippen LogP contribution in [0, 0.1) is 0 Å². The van der Waals surface area contributed by atoms with E-state index in [1.807, 2.05) is 0 Å². The summed E-state index contributed by atoms with van der Waals surface area (Å²) in [6.07, 6.45) is 0.978. The van der Waals surface area contributed by atoms with E-state index in [0.29, 0.717) is 17.4 Å². The molecule has 0 fully saturated rings. The Hall–Kier alpha value is -1.75. The summed E-state index contributed by atoms with van der Waals surface area (Å²) in [4.78, 5) is 13.1. The van der Waals surface area contributed by atoms with E-state index in [2.05, 4.69) is 31.1 Å². The van der Waals surface area contributed by atoms with Crippen LogP contribution in [0.15, 0.2) is 18.2 Å². The van der Waals surface area contributed by atoms with Crippen LogP contribution >= 0.6 is 0 Å². The Bertz CT molecular complexity index is 433. The molecular formula is C14H23N3O2. The molecule has 0 bridgehead atoms. The van der Waals surface area contributed by atoms with Gasteiger partial charge in [-0.05, 0) is 52.1 Å². The number of aromatic carboxylic acids is 1. The first-order valence-corrected chi connectivity index (χ1v) is 6.48. The molecule has 1 aromatic carbocycles. The van der Waals surface area contributed by atoms with Gasteiger partial charge >= 0.3 is 5.97 Å². The second-order valence-corrected chi connectivity index (χ2v) is 4.96. The Labute approximate surface area is 114 Å². The molecule has 1 rings (SSSR count). The largest absolute Gasteiger partial charge is 0.478 e. The molecule has 106 valence electrons. The zero-order valence-electron chi connectivity index (χ0n) is 11.8. The van der Waals surface area contributed by atoms with Crippen molar-refractivity contribution < 1.29 is 9.90 Å². The second-order valence-electron chi connectivity index (χ2n) is 4.96. The number of anilines is 2. The van der Waals surface area contributed by atoms with Crippen LogP contribution in [0.1, 0.15) is 30.6 Å². The summed E-state index contributed by atoms with van der Waals surface area (Å²) in [7, 11) is 2.09. The molecule has 0 aliphatic rings. The lowest BCUT2D eigenvalue weighted by Crippen LogP contribution is -2.28. The summed E-state index contributed by atoms with van der Waals surface area (Å²) in [6.45, 7) is 6.07. The summed E-state index contributed by atoms with van der Waals surface area (Å²) in [6, 6.07) is 5.23. The molecule has 0 aliphatic carbocycles. The SMILES string of the molecule is CC(C)N(C)CCCNc1cc(C(=O)O)ccc1N. The number of hydrogen-bond acceptors (Lipinski definition) is 4. The summed E-state index contributed by atoms with van der Waals surface area (Å²) in [5.41, 5.74) is 7.32. The van der Waals surface area contributed by atoms with Crippen molar-refractivity contribution in [1.29, 1.82) is 0 Å². The number of rotatable bonds is 7. The third-order valence-corrected chi connectivity index (χ3v) is 3.18. The van der Waals surface area contributed by atoms with Gasteiger partial charge in [-0.15, -0.1) is 0 Å². The molecule has 5 heteroatoms. The van der Waals surface area contributed by atoms with E-state index in [-0.39, 0.29) is 5.56 Å². The second kappa shape index (κ2) is 6.99. The van der Waals surface area contributed by atoms with Crippen LogP contribution in [0.3, 0.4) is 0 Å². The summed E-state index contributed by atoms with van der Waals surface area (Å²) in [5, 5.41) is 12.1. The molecule has 0 unspecified atom stereocenters. The summed E-state index contributed by atoms with van der Waals surface area (Å²) >= 11 is 0. The van der Waals surface area contributed by atoms with Gasteiger partial charge in [0.2, 0.25) is 0 Å². The van der Waals surface area contributed by atoms with E-state index in [4.69, 9.17) is 10.8 Å². The molecule has 0 atom stereocenters. The van der Waals surface area contributed by atoms with Gasteiger partial charge in [-0.3, -0.25) is 0 Å². The summed E-state index contributed by atoms with van der Waals surface area (Å²) < 4.78 is 0. The number of carboxylic acids is 1. The number of nitrogens with zero attached hydrogens (tertiary/aromatic N) is 1. The van der Waals surface area contributed by atoms with Crippen molar-refractivity contribution in [2.24, 2.45) is 0 Å². The van der Waals surface area contributed by atoms with E-state index in [9.17, 15) is 4.79 Å². The van der Waals surface area contributed by atoms with Gasteiger partial charge in [0.05, 0.1) is 16.9 Å². The Morgan fingerprint density at radius 1 is 1.47 bits per heavy atom. The van der Waals surface area contributed by atoms with E-state index in [1.165, 1.54) is 6.07 Å². The summed E-state index contributed by atoms with van der Waals surface area (Å²) in [5.74, 6) is -0.942. The Kier molecular flexibility index (Phi) is 5.63. The number of nitrogens with one attached hydrogen (secondary N) is 1. The van der Waals surface area contributed by atoms with Crippen LogP contribution in [-0.4, -0.2) is 42.2 Å². The van der Waals surface area contributed by atoms with Crippen molar-refractivity contribution in [3.05, 3.63) is 23.8 Å². The highest BCUT2D eigenvalue weighted by Gasteiger charge is 2.07. The minimum atomic E-state index is -0.942.